The van der Waals surface area contributed by atoms with Crippen LogP contribution in [0.25, 0.3) is 0 Å². The standard InChI is InChI=1S/C20H18F5NO/c21-16-15(17(22)19(24)20(25)18(16)23)11-27-26-10-12-5-4-8-14(9-12)13-6-2-1-3-7-13/h4-5,8-10,13H,1-3,6-7,11H2. The molecule has 0 aliphatic heterocycles. The van der Waals surface area contributed by atoms with Gasteiger partial charge in [-0.15, -0.1) is 0 Å². The van der Waals surface area contributed by atoms with Gasteiger partial charge in [0.15, 0.2) is 23.3 Å². The number of nitrogens with zero attached hydrogens (tertiary/aromatic N) is 1. The molecule has 2 aromatic rings. The number of hydrogen-bond acceptors (Lipinski definition) is 2. The van der Waals surface area contributed by atoms with E-state index in [0.717, 1.165) is 18.4 Å². The van der Waals surface area contributed by atoms with Gasteiger partial charge in [-0.2, -0.15) is 0 Å². The molecular weight excluding hydrogens is 365 g/mol. The number of halogens is 5. The second-order valence-electron chi connectivity index (χ2n) is 6.56. The highest BCUT2D eigenvalue weighted by Crippen LogP contribution is 2.32. The Bertz CT molecular complexity index is 818. The first-order valence-corrected chi connectivity index (χ1v) is 8.74. The first-order chi connectivity index (χ1) is 13.0. The predicted molar refractivity (Wildman–Crippen MR) is 90.9 cm³/mol. The molecule has 0 heterocycles. The molecule has 7 heteroatoms. The van der Waals surface area contributed by atoms with Gasteiger partial charge in [0.05, 0.1) is 11.8 Å². The second kappa shape index (κ2) is 8.50. The van der Waals surface area contributed by atoms with Crippen molar-refractivity contribution < 1.29 is 26.8 Å². The fourth-order valence-electron chi connectivity index (χ4n) is 3.31. The molecule has 2 aromatic carbocycles. The normalized spacial score (nSPS) is 15.4. The topological polar surface area (TPSA) is 21.6 Å². The monoisotopic (exact) mass is 383 g/mol. The average molecular weight is 383 g/mol. The van der Waals surface area contributed by atoms with Crippen molar-refractivity contribution in [1.82, 2.24) is 0 Å². The maximum absolute atomic E-state index is 13.6. The minimum atomic E-state index is -2.20. The van der Waals surface area contributed by atoms with Crippen molar-refractivity contribution in [2.75, 3.05) is 0 Å². The zero-order valence-electron chi connectivity index (χ0n) is 14.5. The Morgan fingerprint density at radius 2 is 1.52 bits per heavy atom. The van der Waals surface area contributed by atoms with Gasteiger partial charge < -0.3 is 4.84 Å². The summed E-state index contributed by atoms with van der Waals surface area (Å²) in [6.07, 6.45) is 7.28. The predicted octanol–water partition coefficient (Wildman–Crippen LogP) is 5.98. The quantitative estimate of drug-likeness (QED) is 0.205. The minimum absolute atomic E-state index is 0.501. The van der Waals surface area contributed by atoms with Crippen LogP contribution in [0.4, 0.5) is 22.0 Å². The van der Waals surface area contributed by atoms with Crippen LogP contribution in [-0.2, 0) is 11.4 Å². The van der Waals surface area contributed by atoms with Gasteiger partial charge in [-0.25, -0.2) is 22.0 Å². The number of rotatable bonds is 5. The van der Waals surface area contributed by atoms with Gasteiger partial charge in [0.2, 0.25) is 5.82 Å². The van der Waals surface area contributed by atoms with Crippen molar-refractivity contribution in [2.24, 2.45) is 5.16 Å². The molecule has 0 radical (unpaired) electrons. The number of benzene rings is 2. The lowest BCUT2D eigenvalue weighted by Gasteiger charge is -2.22. The Hall–Kier alpha value is -2.44. The Kier molecular flexibility index (Phi) is 6.08. The largest absolute Gasteiger partial charge is 0.391 e. The molecule has 0 unspecified atom stereocenters. The zero-order valence-corrected chi connectivity index (χ0v) is 14.5. The average Bonchev–Trinajstić information content (AvgIpc) is 2.71. The molecule has 0 saturated heterocycles. The van der Waals surface area contributed by atoms with E-state index in [1.54, 1.807) is 6.07 Å². The van der Waals surface area contributed by atoms with Gasteiger partial charge in [0, 0.05) is 0 Å². The summed E-state index contributed by atoms with van der Waals surface area (Å²) in [6.45, 7) is -0.870. The first-order valence-electron chi connectivity index (χ1n) is 8.74. The summed E-state index contributed by atoms with van der Waals surface area (Å²) in [6, 6.07) is 7.68. The lowest BCUT2D eigenvalue weighted by atomic mass is 9.84. The highest BCUT2D eigenvalue weighted by Gasteiger charge is 2.25. The Balaban J connectivity index is 1.67. The van der Waals surface area contributed by atoms with Crippen molar-refractivity contribution in [3.63, 3.8) is 0 Å². The van der Waals surface area contributed by atoms with Crippen LogP contribution >= 0.6 is 0 Å². The van der Waals surface area contributed by atoms with E-state index in [1.165, 1.54) is 31.0 Å². The van der Waals surface area contributed by atoms with Crippen molar-refractivity contribution in [1.29, 1.82) is 0 Å². The third-order valence-corrected chi connectivity index (χ3v) is 4.77. The third-order valence-electron chi connectivity index (χ3n) is 4.77. The maximum atomic E-state index is 13.6. The third kappa shape index (κ3) is 4.28. The van der Waals surface area contributed by atoms with Gasteiger partial charge >= 0.3 is 0 Å². The van der Waals surface area contributed by atoms with Crippen LogP contribution < -0.4 is 0 Å². The van der Waals surface area contributed by atoms with E-state index in [4.69, 9.17) is 4.84 Å². The summed E-state index contributed by atoms with van der Waals surface area (Å²) in [4.78, 5) is 4.75. The molecule has 1 fully saturated rings. The summed E-state index contributed by atoms with van der Waals surface area (Å²) in [5.74, 6) is -9.53. The Labute approximate surface area is 153 Å². The SMILES string of the molecule is Fc1c(F)c(F)c(CON=Cc2cccc(C3CCCCC3)c2)c(F)c1F. The van der Waals surface area contributed by atoms with Crippen molar-refractivity contribution in [3.05, 3.63) is 70.0 Å². The van der Waals surface area contributed by atoms with Gasteiger partial charge in [0.25, 0.3) is 0 Å². The number of hydrogen-bond donors (Lipinski definition) is 0. The maximum Gasteiger partial charge on any atom is 0.200 e. The van der Waals surface area contributed by atoms with E-state index in [1.807, 2.05) is 18.2 Å². The van der Waals surface area contributed by atoms with Crippen LogP contribution in [0.5, 0.6) is 0 Å². The summed E-state index contributed by atoms with van der Waals surface area (Å²) < 4.78 is 66.4. The van der Waals surface area contributed by atoms with E-state index >= 15 is 0 Å². The fourth-order valence-corrected chi connectivity index (χ4v) is 3.31. The Morgan fingerprint density at radius 1 is 0.889 bits per heavy atom. The van der Waals surface area contributed by atoms with Crippen molar-refractivity contribution in [3.8, 4) is 0 Å². The minimum Gasteiger partial charge on any atom is -0.391 e. The summed E-state index contributed by atoms with van der Waals surface area (Å²) in [7, 11) is 0. The van der Waals surface area contributed by atoms with Crippen LogP contribution in [0, 0.1) is 29.1 Å². The summed E-state index contributed by atoms with van der Waals surface area (Å²) in [5, 5.41) is 3.59. The highest BCUT2D eigenvalue weighted by molar-refractivity contribution is 5.79. The van der Waals surface area contributed by atoms with Gasteiger partial charge in [-0.3, -0.25) is 0 Å². The van der Waals surface area contributed by atoms with Gasteiger partial charge in [-0.1, -0.05) is 42.6 Å². The zero-order chi connectivity index (χ0) is 19.4. The van der Waals surface area contributed by atoms with Crippen LogP contribution in [0.15, 0.2) is 29.4 Å². The van der Waals surface area contributed by atoms with Crippen molar-refractivity contribution in [2.45, 2.75) is 44.6 Å². The molecule has 0 spiro atoms. The van der Waals surface area contributed by atoms with Gasteiger partial charge in [-0.05, 0) is 36.0 Å². The van der Waals surface area contributed by atoms with Crippen LogP contribution in [-0.4, -0.2) is 6.21 Å². The lowest BCUT2D eigenvalue weighted by molar-refractivity contribution is 0.124. The molecule has 27 heavy (non-hydrogen) atoms. The van der Waals surface area contributed by atoms with E-state index in [9.17, 15) is 22.0 Å². The van der Waals surface area contributed by atoms with E-state index in [0.29, 0.717) is 5.92 Å². The molecule has 1 aliphatic carbocycles. The van der Waals surface area contributed by atoms with Crippen molar-refractivity contribution >= 4 is 6.21 Å². The summed E-state index contributed by atoms with van der Waals surface area (Å²) >= 11 is 0. The molecular formula is C20H18F5NO. The van der Waals surface area contributed by atoms with E-state index < -0.39 is 41.3 Å². The molecule has 0 atom stereocenters. The van der Waals surface area contributed by atoms with E-state index in [2.05, 4.69) is 5.16 Å². The lowest BCUT2D eigenvalue weighted by Crippen LogP contribution is -2.07. The molecule has 0 amide bonds. The first kappa shape index (κ1) is 19.3. The highest BCUT2D eigenvalue weighted by atomic mass is 19.2. The molecule has 0 N–H and O–H groups in total. The van der Waals surface area contributed by atoms with Crippen LogP contribution in [0.3, 0.4) is 0 Å². The molecule has 2 nitrogen and oxygen atoms in total. The molecule has 0 bridgehead atoms. The summed E-state index contributed by atoms with van der Waals surface area (Å²) in [5.41, 5.74) is 0.869. The molecule has 1 aliphatic rings. The molecule has 0 aromatic heterocycles. The fraction of sp³-hybridized carbons (Fsp3) is 0.350. The van der Waals surface area contributed by atoms with Crippen LogP contribution in [0.1, 0.15) is 54.7 Å². The number of oxime groups is 1. The smallest absolute Gasteiger partial charge is 0.200 e. The van der Waals surface area contributed by atoms with E-state index in [-0.39, 0.29) is 0 Å². The van der Waals surface area contributed by atoms with Gasteiger partial charge in [0.1, 0.15) is 6.61 Å². The molecule has 1 saturated carbocycles. The molecule has 144 valence electrons. The van der Waals surface area contributed by atoms with Crippen LogP contribution in [0.2, 0.25) is 0 Å². The molecule has 3 rings (SSSR count). The Morgan fingerprint density at radius 3 is 2.19 bits per heavy atom. The second-order valence-corrected chi connectivity index (χ2v) is 6.56.